The van der Waals surface area contributed by atoms with Crippen molar-refractivity contribution in [2.24, 2.45) is 5.10 Å². The number of benzene rings is 2. The molecular formula is C16H12Cl3N3O4. The van der Waals surface area contributed by atoms with Gasteiger partial charge in [0.1, 0.15) is 0 Å². The van der Waals surface area contributed by atoms with E-state index in [0.29, 0.717) is 16.3 Å². The second-order valence-corrected chi connectivity index (χ2v) is 6.28. The molecule has 0 bridgehead atoms. The minimum Gasteiger partial charge on any atom is -0.481 e. The van der Waals surface area contributed by atoms with Crippen molar-refractivity contribution in [3.05, 3.63) is 67.1 Å². The molecule has 0 aliphatic heterocycles. The molecule has 2 aromatic rings. The Morgan fingerprint density at radius 2 is 1.88 bits per heavy atom. The lowest BCUT2D eigenvalue weighted by Crippen LogP contribution is -2.25. The van der Waals surface area contributed by atoms with E-state index in [1.807, 2.05) is 0 Å². The second kappa shape index (κ2) is 8.84. The summed E-state index contributed by atoms with van der Waals surface area (Å²) >= 11 is 17.7. The highest BCUT2D eigenvalue weighted by Gasteiger charge is 2.12. The number of hydrogen-bond acceptors (Lipinski definition) is 5. The topological polar surface area (TPSA) is 93.8 Å². The molecule has 2 rings (SSSR count). The summed E-state index contributed by atoms with van der Waals surface area (Å²) in [6.07, 6.45) is 0. The van der Waals surface area contributed by atoms with Gasteiger partial charge >= 0.3 is 0 Å². The SMILES string of the molecule is C/C(=N\NC(=O)COc1c(Cl)cc(Cl)cc1Cl)c1cccc([N+](=O)[O-])c1. The zero-order valence-electron chi connectivity index (χ0n) is 13.3. The third-order valence-electron chi connectivity index (χ3n) is 3.13. The number of nitrogens with zero attached hydrogens (tertiary/aromatic N) is 2. The Labute approximate surface area is 163 Å². The zero-order chi connectivity index (χ0) is 19.3. The highest BCUT2D eigenvalue weighted by Crippen LogP contribution is 2.35. The summed E-state index contributed by atoms with van der Waals surface area (Å²) in [4.78, 5) is 22.1. The predicted molar refractivity (Wildman–Crippen MR) is 100 cm³/mol. The number of nitrogens with one attached hydrogen (secondary N) is 1. The van der Waals surface area contributed by atoms with Gasteiger partial charge in [0.25, 0.3) is 11.6 Å². The average Bonchev–Trinajstić information content (AvgIpc) is 2.58. The first kappa shape index (κ1) is 20.0. The van der Waals surface area contributed by atoms with Crippen molar-refractivity contribution >= 4 is 52.1 Å². The highest BCUT2D eigenvalue weighted by molar-refractivity contribution is 6.40. The first-order valence-electron chi connectivity index (χ1n) is 7.13. The van der Waals surface area contributed by atoms with Crippen LogP contribution in [0, 0.1) is 10.1 Å². The van der Waals surface area contributed by atoms with E-state index in [0.717, 1.165) is 0 Å². The number of hydrogen-bond donors (Lipinski definition) is 1. The van der Waals surface area contributed by atoms with E-state index in [1.54, 1.807) is 13.0 Å². The number of nitro groups is 1. The number of carbonyl (C=O) groups is 1. The number of carbonyl (C=O) groups excluding carboxylic acids is 1. The van der Waals surface area contributed by atoms with Gasteiger partial charge in [-0.25, -0.2) is 5.43 Å². The molecule has 26 heavy (non-hydrogen) atoms. The number of ether oxygens (including phenoxy) is 1. The minimum absolute atomic E-state index is 0.0706. The van der Waals surface area contributed by atoms with Crippen LogP contribution in [0.25, 0.3) is 0 Å². The van der Waals surface area contributed by atoms with E-state index in [2.05, 4.69) is 10.5 Å². The lowest BCUT2D eigenvalue weighted by molar-refractivity contribution is -0.384. The molecule has 0 atom stereocenters. The number of halogens is 3. The fraction of sp³-hybridized carbons (Fsp3) is 0.125. The molecule has 2 aromatic carbocycles. The van der Waals surface area contributed by atoms with Gasteiger partial charge in [0.15, 0.2) is 12.4 Å². The Morgan fingerprint density at radius 1 is 1.23 bits per heavy atom. The fourth-order valence-corrected chi connectivity index (χ4v) is 2.82. The summed E-state index contributed by atoms with van der Waals surface area (Å²) < 4.78 is 5.28. The van der Waals surface area contributed by atoms with Gasteiger partial charge in [-0.3, -0.25) is 14.9 Å². The van der Waals surface area contributed by atoms with Crippen molar-refractivity contribution in [1.29, 1.82) is 0 Å². The molecule has 0 radical (unpaired) electrons. The Bertz CT molecular complexity index is 864. The van der Waals surface area contributed by atoms with Crippen LogP contribution in [0.1, 0.15) is 12.5 Å². The Hall–Kier alpha value is -2.35. The quantitative estimate of drug-likeness (QED) is 0.427. The molecule has 0 unspecified atom stereocenters. The van der Waals surface area contributed by atoms with Crippen LogP contribution < -0.4 is 10.2 Å². The van der Waals surface area contributed by atoms with Crippen LogP contribution >= 0.6 is 34.8 Å². The van der Waals surface area contributed by atoms with Crippen molar-refractivity contribution in [2.45, 2.75) is 6.92 Å². The molecule has 136 valence electrons. The molecule has 0 saturated carbocycles. The van der Waals surface area contributed by atoms with E-state index in [4.69, 9.17) is 39.5 Å². The average molecular weight is 417 g/mol. The lowest BCUT2D eigenvalue weighted by Gasteiger charge is -2.09. The van der Waals surface area contributed by atoms with E-state index < -0.39 is 10.8 Å². The minimum atomic E-state index is -0.558. The Kier molecular flexibility index (Phi) is 6.79. The predicted octanol–water partition coefficient (Wildman–Crippen LogP) is 4.47. The summed E-state index contributed by atoms with van der Waals surface area (Å²) in [5.74, 6) is -0.427. The summed E-state index contributed by atoms with van der Waals surface area (Å²) in [5, 5.41) is 15.4. The summed E-state index contributed by atoms with van der Waals surface area (Å²) in [5.41, 5.74) is 3.12. The number of rotatable bonds is 6. The third kappa shape index (κ3) is 5.32. The van der Waals surface area contributed by atoms with Gasteiger partial charge in [-0.15, -0.1) is 0 Å². The Balaban J connectivity index is 1.99. The maximum atomic E-state index is 11.9. The van der Waals surface area contributed by atoms with Crippen molar-refractivity contribution in [1.82, 2.24) is 5.43 Å². The van der Waals surface area contributed by atoms with Gasteiger partial charge in [0.2, 0.25) is 0 Å². The van der Waals surface area contributed by atoms with Crippen LogP contribution in [0.3, 0.4) is 0 Å². The van der Waals surface area contributed by atoms with Crippen LogP contribution in [0.5, 0.6) is 5.75 Å². The summed E-state index contributed by atoms with van der Waals surface area (Å²) in [6, 6.07) is 8.76. The second-order valence-electron chi connectivity index (χ2n) is 5.03. The molecular weight excluding hydrogens is 405 g/mol. The van der Waals surface area contributed by atoms with Gasteiger partial charge in [-0.1, -0.05) is 46.9 Å². The van der Waals surface area contributed by atoms with Gasteiger partial charge < -0.3 is 4.74 Å². The monoisotopic (exact) mass is 415 g/mol. The zero-order valence-corrected chi connectivity index (χ0v) is 15.6. The molecule has 0 saturated heterocycles. The van der Waals surface area contributed by atoms with E-state index >= 15 is 0 Å². The largest absolute Gasteiger partial charge is 0.481 e. The molecule has 10 heteroatoms. The van der Waals surface area contributed by atoms with Crippen LogP contribution in [0.15, 0.2) is 41.5 Å². The van der Waals surface area contributed by atoms with E-state index in [1.165, 1.54) is 30.3 Å². The molecule has 7 nitrogen and oxygen atoms in total. The Morgan fingerprint density at radius 3 is 2.50 bits per heavy atom. The number of amides is 1. The maximum absolute atomic E-state index is 11.9. The molecule has 0 spiro atoms. The van der Waals surface area contributed by atoms with Gasteiger partial charge in [-0.05, 0) is 19.1 Å². The van der Waals surface area contributed by atoms with Crippen LogP contribution in [-0.4, -0.2) is 23.1 Å². The summed E-state index contributed by atoms with van der Waals surface area (Å²) in [6.45, 7) is 1.22. The van der Waals surface area contributed by atoms with Crippen molar-refractivity contribution in [3.8, 4) is 5.75 Å². The molecule has 1 amide bonds. The fourth-order valence-electron chi connectivity index (χ4n) is 1.89. The first-order chi connectivity index (χ1) is 12.3. The standard InChI is InChI=1S/C16H12Cl3N3O4/c1-9(10-3-2-4-12(5-10)22(24)25)20-21-15(23)8-26-16-13(18)6-11(17)7-14(16)19/h2-7H,8H2,1H3,(H,21,23)/b20-9+. The van der Waals surface area contributed by atoms with Gasteiger partial charge in [0, 0.05) is 22.7 Å². The van der Waals surface area contributed by atoms with Crippen LogP contribution in [-0.2, 0) is 4.79 Å². The van der Waals surface area contributed by atoms with Crippen molar-refractivity contribution in [2.75, 3.05) is 6.61 Å². The maximum Gasteiger partial charge on any atom is 0.277 e. The first-order valence-corrected chi connectivity index (χ1v) is 8.26. The number of non-ortho nitro benzene ring substituents is 1. The van der Waals surface area contributed by atoms with E-state index in [9.17, 15) is 14.9 Å². The molecule has 0 heterocycles. The normalized spacial score (nSPS) is 11.2. The van der Waals surface area contributed by atoms with Gasteiger partial charge in [-0.2, -0.15) is 5.10 Å². The molecule has 0 aliphatic rings. The molecule has 0 fully saturated rings. The van der Waals surface area contributed by atoms with Gasteiger partial charge in [0.05, 0.1) is 20.7 Å². The van der Waals surface area contributed by atoms with Crippen molar-refractivity contribution in [3.63, 3.8) is 0 Å². The van der Waals surface area contributed by atoms with Crippen molar-refractivity contribution < 1.29 is 14.5 Å². The highest BCUT2D eigenvalue weighted by atomic mass is 35.5. The summed E-state index contributed by atoms with van der Waals surface area (Å²) in [7, 11) is 0. The number of hydrazone groups is 1. The number of nitro benzene ring substituents is 1. The van der Waals surface area contributed by atoms with E-state index in [-0.39, 0.29) is 28.1 Å². The molecule has 0 aliphatic carbocycles. The molecule has 0 aromatic heterocycles. The lowest BCUT2D eigenvalue weighted by atomic mass is 10.1. The van der Waals surface area contributed by atoms with Crippen LogP contribution in [0.4, 0.5) is 5.69 Å². The third-order valence-corrected chi connectivity index (χ3v) is 3.91. The smallest absolute Gasteiger partial charge is 0.277 e. The molecule has 1 N–H and O–H groups in total. The van der Waals surface area contributed by atoms with Crippen LogP contribution in [0.2, 0.25) is 15.1 Å².